The first-order valence-corrected chi connectivity index (χ1v) is 14.3. The highest BCUT2D eigenvalue weighted by Crippen LogP contribution is 2.46. The molecule has 12 nitrogen and oxygen atoms in total. The predicted molar refractivity (Wildman–Crippen MR) is 145 cm³/mol. The van der Waals surface area contributed by atoms with E-state index in [4.69, 9.17) is 14.2 Å². The van der Waals surface area contributed by atoms with E-state index in [0.29, 0.717) is 35.9 Å². The molecule has 1 aliphatic rings. The fraction of sp³-hybridized carbons (Fsp3) is 0.538. The van der Waals surface area contributed by atoms with E-state index in [0.717, 1.165) is 5.56 Å². The number of hydrogen-bond acceptors (Lipinski definition) is 10. The summed E-state index contributed by atoms with van der Waals surface area (Å²) in [5.41, 5.74) is 0.448. The Hall–Kier alpha value is -3.29. The van der Waals surface area contributed by atoms with E-state index in [-0.39, 0.29) is 23.8 Å². The number of ether oxygens (including phenoxy) is 3. The lowest BCUT2D eigenvalue weighted by molar-refractivity contribution is -0.0338. The van der Waals surface area contributed by atoms with Gasteiger partial charge in [-0.2, -0.15) is 0 Å². The summed E-state index contributed by atoms with van der Waals surface area (Å²) in [4.78, 5) is 8.65. The van der Waals surface area contributed by atoms with Crippen molar-refractivity contribution >= 4 is 16.0 Å². The molecule has 39 heavy (non-hydrogen) atoms. The number of hydrogen-bond donors (Lipinski definition) is 2. The van der Waals surface area contributed by atoms with Gasteiger partial charge in [-0.3, -0.25) is 9.29 Å². The number of para-hydroxylation sites is 1. The van der Waals surface area contributed by atoms with Crippen LogP contribution in [-0.2, 0) is 14.8 Å². The summed E-state index contributed by atoms with van der Waals surface area (Å²) in [6.07, 6.45) is 2.91. The number of aryl methyl sites for hydroxylation is 1. The van der Waals surface area contributed by atoms with Gasteiger partial charge in [-0.25, -0.2) is 18.4 Å². The lowest BCUT2D eigenvalue weighted by Gasteiger charge is -2.40. The van der Waals surface area contributed by atoms with Gasteiger partial charge in [0.1, 0.15) is 34.4 Å². The Labute approximate surface area is 228 Å². The average Bonchev–Trinajstić information content (AvgIpc) is 3.27. The maximum absolute atomic E-state index is 13.8. The molecule has 1 aromatic carbocycles. The highest BCUT2D eigenvalue weighted by molar-refractivity contribution is 7.93. The monoisotopic (exact) mass is 560 g/mol. The van der Waals surface area contributed by atoms with Crippen molar-refractivity contribution in [3.63, 3.8) is 0 Å². The molecule has 2 aromatic heterocycles. The third kappa shape index (κ3) is 5.99. The number of rotatable bonds is 11. The number of aliphatic hydroxyl groups is 1. The minimum atomic E-state index is -4.12. The number of anilines is 1. The third-order valence-electron chi connectivity index (χ3n) is 6.67. The second-order valence-corrected chi connectivity index (χ2v) is 12.4. The maximum atomic E-state index is 13.8. The molecule has 3 aromatic rings. The van der Waals surface area contributed by atoms with Crippen LogP contribution in [-0.4, -0.2) is 69.4 Å². The van der Waals surface area contributed by atoms with E-state index >= 15 is 0 Å². The fourth-order valence-electron chi connectivity index (χ4n) is 4.69. The molecule has 0 saturated heterocycles. The zero-order chi connectivity index (χ0) is 28.5. The van der Waals surface area contributed by atoms with Crippen LogP contribution in [0, 0.1) is 6.92 Å². The Morgan fingerprint density at radius 3 is 2.18 bits per heavy atom. The van der Waals surface area contributed by atoms with Gasteiger partial charge >= 0.3 is 0 Å². The first kappa shape index (κ1) is 28.7. The van der Waals surface area contributed by atoms with E-state index in [2.05, 4.69) is 24.9 Å². The van der Waals surface area contributed by atoms with E-state index in [1.807, 2.05) is 20.8 Å². The van der Waals surface area contributed by atoms with Crippen molar-refractivity contribution in [1.29, 1.82) is 0 Å². The minimum absolute atomic E-state index is 0.0423. The molecule has 1 aliphatic carbocycles. The molecule has 0 unspecified atom stereocenters. The molecule has 1 saturated carbocycles. The summed E-state index contributed by atoms with van der Waals surface area (Å²) < 4.78 is 49.0. The maximum Gasteiger partial charge on any atom is 0.243 e. The zero-order valence-corrected chi connectivity index (χ0v) is 24.1. The molecular weight excluding hydrogens is 524 g/mol. The van der Waals surface area contributed by atoms with Crippen molar-refractivity contribution in [2.45, 2.75) is 76.4 Å². The summed E-state index contributed by atoms with van der Waals surface area (Å²) in [6, 6.07) is 5.24. The summed E-state index contributed by atoms with van der Waals surface area (Å²) in [5, 5.41) is 17.9. The van der Waals surface area contributed by atoms with Crippen LogP contribution in [0.25, 0.3) is 5.69 Å². The number of nitrogens with one attached hydrogen (secondary N) is 1. The standard InChI is InChI=1S/C26H36N6O6S/c1-15(2)38-22(23-27-13-16(3)14-28-23)17(4)39(34,35)31-25-30-29-24(18-11-26(5,33)12-18)32(25)21-19(36-6)9-8-10-20(21)37-7/h8-10,13-15,17-18,22,33H,11-12H2,1-7H3,(H,30,31)/t17-,18-,22+,26+/m0/s1. The van der Waals surface area contributed by atoms with Gasteiger partial charge in [-0.15, -0.1) is 10.2 Å². The van der Waals surface area contributed by atoms with Crippen LogP contribution >= 0.6 is 0 Å². The molecule has 0 radical (unpaired) electrons. The van der Waals surface area contributed by atoms with Crippen molar-refractivity contribution < 1.29 is 27.7 Å². The van der Waals surface area contributed by atoms with E-state index < -0.39 is 27.0 Å². The second kappa shape index (κ2) is 11.1. The Balaban J connectivity index is 1.78. The highest BCUT2D eigenvalue weighted by atomic mass is 32.2. The lowest BCUT2D eigenvalue weighted by atomic mass is 9.72. The molecule has 2 heterocycles. The van der Waals surface area contributed by atoms with Crippen LogP contribution < -0.4 is 14.2 Å². The van der Waals surface area contributed by atoms with Crippen molar-refractivity contribution in [2.24, 2.45) is 0 Å². The first-order valence-electron chi connectivity index (χ1n) is 12.7. The molecule has 0 amide bonds. The number of benzene rings is 1. The first-order chi connectivity index (χ1) is 18.4. The topological polar surface area (TPSA) is 151 Å². The Bertz CT molecular complexity index is 1380. The Kier molecular flexibility index (Phi) is 8.14. The molecule has 0 spiro atoms. The molecule has 2 atom stereocenters. The van der Waals surface area contributed by atoms with Gasteiger partial charge in [0.2, 0.25) is 16.0 Å². The quantitative estimate of drug-likeness (QED) is 0.357. The van der Waals surface area contributed by atoms with Crippen LogP contribution in [0.3, 0.4) is 0 Å². The average molecular weight is 561 g/mol. The van der Waals surface area contributed by atoms with Crippen molar-refractivity contribution in [2.75, 3.05) is 18.9 Å². The van der Waals surface area contributed by atoms with Gasteiger partial charge in [0.15, 0.2) is 5.82 Å². The van der Waals surface area contributed by atoms with Crippen LogP contribution in [0.1, 0.15) is 69.8 Å². The minimum Gasteiger partial charge on any atom is -0.494 e. The molecule has 0 bridgehead atoms. The third-order valence-corrected chi connectivity index (χ3v) is 8.37. The van der Waals surface area contributed by atoms with E-state index in [9.17, 15) is 13.5 Å². The number of nitrogens with zero attached hydrogens (tertiary/aromatic N) is 5. The number of methoxy groups -OCH3 is 2. The van der Waals surface area contributed by atoms with Crippen molar-refractivity contribution in [3.8, 4) is 17.2 Å². The number of aromatic nitrogens is 5. The smallest absolute Gasteiger partial charge is 0.243 e. The Morgan fingerprint density at radius 2 is 1.67 bits per heavy atom. The van der Waals surface area contributed by atoms with E-state index in [1.54, 1.807) is 42.1 Å². The summed E-state index contributed by atoms with van der Waals surface area (Å²) in [7, 11) is -1.10. The zero-order valence-electron chi connectivity index (χ0n) is 23.2. The summed E-state index contributed by atoms with van der Waals surface area (Å²) in [6.45, 7) is 8.77. The van der Waals surface area contributed by atoms with Gasteiger partial charge in [0.05, 0.1) is 25.9 Å². The van der Waals surface area contributed by atoms with Crippen molar-refractivity contribution in [3.05, 3.63) is 47.8 Å². The van der Waals surface area contributed by atoms with Crippen LogP contribution in [0.2, 0.25) is 0 Å². The fourth-order valence-corrected chi connectivity index (χ4v) is 5.77. The summed E-state index contributed by atoms with van der Waals surface area (Å²) >= 11 is 0. The van der Waals surface area contributed by atoms with Crippen LogP contribution in [0.5, 0.6) is 11.5 Å². The second-order valence-electron chi connectivity index (χ2n) is 10.4. The van der Waals surface area contributed by atoms with E-state index in [1.165, 1.54) is 21.1 Å². The molecule has 13 heteroatoms. The Morgan fingerprint density at radius 1 is 1.08 bits per heavy atom. The summed E-state index contributed by atoms with van der Waals surface area (Å²) in [5.74, 6) is 1.41. The van der Waals surface area contributed by atoms with Gasteiger partial charge in [-0.1, -0.05) is 6.07 Å². The van der Waals surface area contributed by atoms with Crippen LogP contribution in [0.15, 0.2) is 30.6 Å². The lowest BCUT2D eigenvalue weighted by Crippen LogP contribution is -2.40. The largest absolute Gasteiger partial charge is 0.494 e. The SMILES string of the molecule is COc1cccc(OC)c1-n1c(NS(=O)(=O)[C@@H](C)[C@@H](OC(C)C)c2ncc(C)cn2)nnc1[C@H]1C[C@@](C)(O)C1. The van der Waals surface area contributed by atoms with Gasteiger partial charge < -0.3 is 19.3 Å². The molecule has 2 N–H and O–H groups in total. The predicted octanol–water partition coefficient (Wildman–Crippen LogP) is 3.31. The van der Waals surface area contributed by atoms with Gasteiger partial charge in [0, 0.05) is 18.3 Å². The highest BCUT2D eigenvalue weighted by Gasteiger charge is 2.43. The number of sulfonamides is 1. The molecular formula is C26H36N6O6S. The molecule has 1 fully saturated rings. The normalized spacial score (nSPS) is 20.8. The molecule has 4 rings (SSSR count). The molecule has 212 valence electrons. The molecule has 0 aliphatic heterocycles. The van der Waals surface area contributed by atoms with Gasteiger partial charge in [-0.05, 0) is 65.2 Å². The van der Waals surface area contributed by atoms with Crippen LogP contribution in [0.4, 0.5) is 5.95 Å². The van der Waals surface area contributed by atoms with Crippen molar-refractivity contribution in [1.82, 2.24) is 24.7 Å². The van der Waals surface area contributed by atoms with Gasteiger partial charge in [0.25, 0.3) is 0 Å².